The second-order valence-corrected chi connectivity index (χ2v) is 2.46. The van der Waals surface area contributed by atoms with Crippen LogP contribution in [0.4, 0.5) is 0 Å². The number of hydrogen-bond donors (Lipinski definition) is 2. The van der Waals surface area contributed by atoms with Crippen LogP contribution in [0, 0.1) is 5.92 Å². The van der Waals surface area contributed by atoms with E-state index in [4.69, 9.17) is 10.8 Å². The van der Waals surface area contributed by atoms with Crippen molar-refractivity contribution in [2.45, 2.75) is 32.9 Å². The average Bonchev–Trinajstić information content (AvgIpc) is 1.64. The first kappa shape index (κ1) is 7.92. The summed E-state index contributed by atoms with van der Waals surface area (Å²) in [5, 5.41) is 8.91. The molecule has 0 fully saturated rings. The fourth-order valence-corrected chi connectivity index (χ4v) is 0.439. The average molecular weight is 117 g/mol. The van der Waals surface area contributed by atoms with E-state index in [1.54, 1.807) is 6.92 Å². The molecule has 3 atom stereocenters. The van der Waals surface area contributed by atoms with Gasteiger partial charge in [0, 0.05) is 6.04 Å². The van der Waals surface area contributed by atoms with Crippen LogP contribution in [0.5, 0.6) is 0 Å². The van der Waals surface area contributed by atoms with Crippen LogP contribution in [0.15, 0.2) is 0 Å². The lowest BCUT2D eigenvalue weighted by molar-refractivity contribution is 0.123. The van der Waals surface area contributed by atoms with Gasteiger partial charge in [0.25, 0.3) is 0 Å². The van der Waals surface area contributed by atoms with Crippen LogP contribution in [-0.2, 0) is 0 Å². The first-order valence-electron chi connectivity index (χ1n) is 2.99. The predicted octanol–water partition coefficient (Wildman–Crippen LogP) is 0.350. The van der Waals surface area contributed by atoms with Crippen LogP contribution in [-0.4, -0.2) is 17.3 Å². The van der Waals surface area contributed by atoms with Gasteiger partial charge in [-0.2, -0.15) is 0 Å². The summed E-state index contributed by atoms with van der Waals surface area (Å²) in [5.41, 5.74) is 5.48. The van der Waals surface area contributed by atoms with E-state index in [-0.39, 0.29) is 18.1 Å². The summed E-state index contributed by atoms with van der Waals surface area (Å²) < 4.78 is 0. The number of aliphatic hydroxyl groups excluding tert-OH is 1. The van der Waals surface area contributed by atoms with Gasteiger partial charge >= 0.3 is 0 Å². The van der Waals surface area contributed by atoms with Crippen molar-refractivity contribution in [2.24, 2.45) is 11.7 Å². The molecule has 2 heteroatoms. The molecule has 3 N–H and O–H groups in total. The summed E-state index contributed by atoms with van der Waals surface area (Å²) >= 11 is 0. The lowest BCUT2D eigenvalue weighted by Crippen LogP contribution is -2.31. The molecule has 0 aromatic rings. The molecule has 0 aromatic heterocycles. The molecule has 2 nitrogen and oxygen atoms in total. The Balaban J connectivity index is 3.46. The van der Waals surface area contributed by atoms with E-state index < -0.39 is 0 Å². The van der Waals surface area contributed by atoms with Crippen molar-refractivity contribution in [3.05, 3.63) is 0 Å². The summed E-state index contributed by atoms with van der Waals surface area (Å²) in [6.07, 6.45) is -0.282. The lowest BCUT2D eigenvalue weighted by atomic mass is 9.99. The highest BCUT2D eigenvalue weighted by Crippen LogP contribution is 2.04. The van der Waals surface area contributed by atoms with Crippen LogP contribution < -0.4 is 5.73 Å². The zero-order valence-corrected chi connectivity index (χ0v) is 5.76. The molecule has 0 aliphatic heterocycles. The van der Waals surface area contributed by atoms with Gasteiger partial charge in [-0.3, -0.25) is 0 Å². The minimum absolute atomic E-state index is 0.0926. The van der Waals surface area contributed by atoms with Gasteiger partial charge in [0.15, 0.2) is 0 Å². The zero-order valence-electron chi connectivity index (χ0n) is 5.76. The van der Waals surface area contributed by atoms with Gasteiger partial charge in [-0.25, -0.2) is 0 Å². The van der Waals surface area contributed by atoms with E-state index in [9.17, 15) is 0 Å². The highest BCUT2D eigenvalue weighted by Gasteiger charge is 2.11. The molecule has 0 aliphatic carbocycles. The van der Waals surface area contributed by atoms with E-state index in [0.29, 0.717) is 0 Å². The maximum atomic E-state index is 8.91. The second kappa shape index (κ2) is 3.05. The van der Waals surface area contributed by atoms with Gasteiger partial charge in [-0.1, -0.05) is 6.92 Å². The molecule has 50 valence electrons. The smallest absolute Gasteiger partial charge is 0.0552 e. The van der Waals surface area contributed by atoms with Crippen molar-refractivity contribution < 1.29 is 5.11 Å². The molecule has 0 spiro atoms. The lowest BCUT2D eigenvalue weighted by Gasteiger charge is -2.17. The number of rotatable bonds is 2. The van der Waals surface area contributed by atoms with Gasteiger partial charge in [0.2, 0.25) is 0 Å². The van der Waals surface area contributed by atoms with Crippen molar-refractivity contribution in [2.75, 3.05) is 0 Å². The predicted molar refractivity (Wildman–Crippen MR) is 34.5 cm³/mol. The summed E-state index contributed by atoms with van der Waals surface area (Å²) in [6.45, 7) is 5.60. The Morgan fingerprint density at radius 1 is 1.25 bits per heavy atom. The van der Waals surface area contributed by atoms with Crippen molar-refractivity contribution in [3.8, 4) is 0 Å². The van der Waals surface area contributed by atoms with E-state index in [2.05, 4.69) is 0 Å². The molecule has 0 amide bonds. The summed E-state index contributed by atoms with van der Waals surface area (Å²) in [4.78, 5) is 0. The van der Waals surface area contributed by atoms with Gasteiger partial charge in [-0.05, 0) is 19.8 Å². The fraction of sp³-hybridized carbons (Fsp3) is 1.00. The first-order valence-corrected chi connectivity index (χ1v) is 2.99. The van der Waals surface area contributed by atoms with Crippen LogP contribution in [0.1, 0.15) is 20.8 Å². The van der Waals surface area contributed by atoms with Crippen LogP contribution >= 0.6 is 0 Å². The van der Waals surface area contributed by atoms with Crippen LogP contribution in [0.2, 0.25) is 0 Å². The Labute approximate surface area is 50.7 Å². The minimum atomic E-state index is -0.282. The Morgan fingerprint density at radius 2 is 1.62 bits per heavy atom. The molecular formula is C6H15NO. The third-order valence-corrected chi connectivity index (χ3v) is 1.59. The third kappa shape index (κ3) is 2.28. The molecular weight excluding hydrogens is 102 g/mol. The van der Waals surface area contributed by atoms with Gasteiger partial charge in [0.05, 0.1) is 6.10 Å². The summed E-state index contributed by atoms with van der Waals surface area (Å²) in [7, 11) is 0. The zero-order chi connectivity index (χ0) is 6.73. The molecule has 0 rings (SSSR count). The molecule has 0 heterocycles. The van der Waals surface area contributed by atoms with Crippen molar-refractivity contribution in [3.63, 3.8) is 0 Å². The quantitative estimate of drug-likeness (QED) is 0.548. The van der Waals surface area contributed by atoms with Crippen molar-refractivity contribution in [1.29, 1.82) is 0 Å². The Bertz CT molecular complexity index is 53.5. The van der Waals surface area contributed by atoms with E-state index >= 15 is 0 Å². The topological polar surface area (TPSA) is 46.2 Å². The Morgan fingerprint density at radius 3 is 1.62 bits per heavy atom. The third-order valence-electron chi connectivity index (χ3n) is 1.59. The van der Waals surface area contributed by atoms with Crippen LogP contribution in [0.25, 0.3) is 0 Å². The summed E-state index contributed by atoms with van der Waals surface area (Å²) in [5.74, 6) is 0.204. The molecule has 0 bridgehead atoms. The van der Waals surface area contributed by atoms with Crippen molar-refractivity contribution >= 4 is 0 Å². The highest BCUT2D eigenvalue weighted by molar-refractivity contribution is 4.67. The molecule has 0 saturated carbocycles. The second-order valence-electron chi connectivity index (χ2n) is 2.46. The van der Waals surface area contributed by atoms with E-state index in [1.165, 1.54) is 0 Å². The molecule has 8 heavy (non-hydrogen) atoms. The standard InChI is InChI=1S/C6H15NO/c1-4(5(2)7)6(3)8/h4-6,8H,7H2,1-3H3/t4?,5-,6?/m0/s1. The minimum Gasteiger partial charge on any atom is -0.393 e. The monoisotopic (exact) mass is 117 g/mol. The Hall–Kier alpha value is -0.0800. The first-order chi connectivity index (χ1) is 3.55. The van der Waals surface area contributed by atoms with E-state index in [1.807, 2.05) is 13.8 Å². The number of hydrogen-bond acceptors (Lipinski definition) is 2. The van der Waals surface area contributed by atoms with Crippen molar-refractivity contribution in [1.82, 2.24) is 0 Å². The fourth-order valence-electron chi connectivity index (χ4n) is 0.439. The number of nitrogens with two attached hydrogens (primary N) is 1. The molecule has 0 saturated heterocycles. The maximum absolute atomic E-state index is 8.91. The Kier molecular flexibility index (Phi) is 3.02. The largest absolute Gasteiger partial charge is 0.393 e. The van der Waals surface area contributed by atoms with E-state index in [0.717, 1.165) is 0 Å². The highest BCUT2D eigenvalue weighted by atomic mass is 16.3. The molecule has 0 radical (unpaired) electrons. The molecule has 0 aromatic carbocycles. The number of aliphatic hydroxyl groups is 1. The van der Waals surface area contributed by atoms with Crippen LogP contribution in [0.3, 0.4) is 0 Å². The maximum Gasteiger partial charge on any atom is 0.0552 e. The van der Waals surface area contributed by atoms with Gasteiger partial charge < -0.3 is 10.8 Å². The van der Waals surface area contributed by atoms with Gasteiger partial charge in [-0.15, -0.1) is 0 Å². The van der Waals surface area contributed by atoms with Gasteiger partial charge in [0.1, 0.15) is 0 Å². The normalized spacial score (nSPS) is 22.1. The SMILES string of the molecule is CC(O)C(C)[C@H](C)N. The molecule has 2 unspecified atom stereocenters. The summed E-state index contributed by atoms with van der Waals surface area (Å²) in [6, 6.07) is 0.0926. The molecule has 0 aliphatic rings.